The van der Waals surface area contributed by atoms with Crippen molar-refractivity contribution in [2.24, 2.45) is 4.99 Å². The van der Waals surface area contributed by atoms with Crippen molar-refractivity contribution >= 4 is 33.4 Å². The predicted octanol–water partition coefficient (Wildman–Crippen LogP) is 5.15. The lowest BCUT2D eigenvalue weighted by Crippen LogP contribution is -1.84. The average Bonchev–Trinajstić information content (AvgIpc) is 2.60. The Kier molecular flexibility index (Phi) is 3.39. The van der Waals surface area contributed by atoms with Crippen LogP contribution in [0.5, 0.6) is 11.5 Å². The molecule has 0 aliphatic carbocycles. The lowest BCUT2D eigenvalue weighted by atomic mass is 10.1. The number of phenolic OH excluding ortho intramolecular Hbond substituents is 2. The van der Waals surface area contributed by atoms with Crippen LogP contribution < -0.4 is 0 Å². The molecule has 0 spiro atoms. The van der Waals surface area contributed by atoms with Gasteiger partial charge in [0.15, 0.2) is 0 Å². The molecule has 3 nitrogen and oxygen atoms in total. The second kappa shape index (κ2) is 5.70. The molecule has 0 aromatic heterocycles. The molecule has 4 aromatic rings. The number of nitrogens with zero attached hydrogens (tertiary/aromatic N) is 1. The summed E-state index contributed by atoms with van der Waals surface area (Å²) in [5.74, 6) is 0.281. The van der Waals surface area contributed by atoms with Crippen molar-refractivity contribution in [3.05, 3.63) is 78.4 Å². The van der Waals surface area contributed by atoms with Gasteiger partial charge < -0.3 is 10.2 Å². The highest BCUT2D eigenvalue weighted by Crippen LogP contribution is 2.32. The zero-order chi connectivity index (χ0) is 16.5. The Morgan fingerprint density at radius 3 is 1.75 bits per heavy atom. The van der Waals surface area contributed by atoms with E-state index in [2.05, 4.69) is 4.99 Å². The quantitative estimate of drug-likeness (QED) is 0.502. The molecule has 0 amide bonds. The van der Waals surface area contributed by atoms with Gasteiger partial charge in [-0.05, 0) is 45.8 Å². The van der Waals surface area contributed by atoms with Crippen LogP contribution in [-0.2, 0) is 0 Å². The Morgan fingerprint density at radius 1 is 0.625 bits per heavy atom. The Morgan fingerprint density at radius 2 is 1.12 bits per heavy atom. The van der Waals surface area contributed by atoms with E-state index < -0.39 is 0 Å². The fourth-order valence-corrected chi connectivity index (χ4v) is 2.81. The van der Waals surface area contributed by atoms with Gasteiger partial charge in [-0.2, -0.15) is 0 Å². The molecule has 0 saturated carbocycles. The average molecular weight is 313 g/mol. The molecule has 0 aliphatic heterocycles. The van der Waals surface area contributed by atoms with Gasteiger partial charge in [0.2, 0.25) is 0 Å². The van der Waals surface area contributed by atoms with Crippen LogP contribution >= 0.6 is 0 Å². The summed E-state index contributed by atoms with van der Waals surface area (Å²) < 4.78 is 0. The molecule has 3 heteroatoms. The summed E-state index contributed by atoms with van der Waals surface area (Å²) in [4.78, 5) is 4.36. The number of fused-ring (bicyclic) bond motifs is 2. The van der Waals surface area contributed by atoms with E-state index in [1.807, 2.05) is 60.7 Å². The minimum Gasteiger partial charge on any atom is -0.507 e. The highest BCUT2D eigenvalue weighted by atomic mass is 16.3. The van der Waals surface area contributed by atoms with Gasteiger partial charge in [-0.1, -0.05) is 48.5 Å². The summed E-state index contributed by atoms with van der Waals surface area (Å²) >= 11 is 0. The zero-order valence-electron chi connectivity index (χ0n) is 12.8. The van der Waals surface area contributed by atoms with E-state index in [0.717, 1.165) is 21.5 Å². The lowest BCUT2D eigenvalue weighted by Gasteiger charge is -2.04. The Labute approximate surface area is 139 Å². The van der Waals surface area contributed by atoms with Gasteiger partial charge in [-0.25, -0.2) is 0 Å². The third kappa shape index (κ3) is 2.57. The third-order valence-electron chi connectivity index (χ3n) is 4.08. The number of rotatable bonds is 2. The predicted molar refractivity (Wildman–Crippen MR) is 98.5 cm³/mol. The van der Waals surface area contributed by atoms with Crippen molar-refractivity contribution in [2.45, 2.75) is 0 Å². The van der Waals surface area contributed by atoms with Crippen molar-refractivity contribution in [1.82, 2.24) is 0 Å². The Bertz CT molecular complexity index is 996. The molecular formula is C21H15NO2. The van der Waals surface area contributed by atoms with Gasteiger partial charge in [0.25, 0.3) is 0 Å². The number of hydrogen-bond donors (Lipinski definition) is 2. The largest absolute Gasteiger partial charge is 0.507 e. The van der Waals surface area contributed by atoms with Crippen LogP contribution in [0.3, 0.4) is 0 Å². The summed E-state index contributed by atoms with van der Waals surface area (Å²) in [5.41, 5.74) is 1.09. The second-order valence-electron chi connectivity index (χ2n) is 5.70. The molecule has 0 radical (unpaired) electrons. The summed E-state index contributed by atoms with van der Waals surface area (Å²) in [5, 5.41) is 24.3. The number of aliphatic imine (C=N–C) groups is 1. The molecule has 0 atom stereocenters. The highest BCUT2D eigenvalue weighted by molar-refractivity contribution is 5.95. The summed E-state index contributed by atoms with van der Waals surface area (Å²) in [6.07, 6.45) is 1.58. The summed E-state index contributed by atoms with van der Waals surface area (Å²) in [7, 11) is 0. The number of aromatic hydroxyl groups is 2. The molecule has 0 saturated heterocycles. The summed E-state index contributed by atoms with van der Waals surface area (Å²) in [6.45, 7) is 0. The van der Waals surface area contributed by atoms with E-state index in [-0.39, 0.29) is 11.5 Å². The maximum Gasteiger partial charge on any atom is 0.141 e. The molecule has 2 N–H and O–H groups in total. The van der Waals surface area contributed by atoms with Gasteiger partial charge in [0, 0.05) is 11.8 Å². The topological polar surface area (TPSA) is 52.8 Å². The minimum atomic E-state index is 0.116. The fraction of sp³-hybridized carbons (Fsp3) is 0. The van der Waals surface area contributed by atoms with Crippen molar-refractivity contribution in [2.75, 3.05) is 0 Å². The molecular weight excluding hydrogens is 298 g/mol. The van der Waals surface area contributed by atoms with Gasteiger partial charge in [0.05, 0.1) is 0 Å². The van der Waals surface area contributed by atoms with Crippen LogP contribution in [0.25, 0.3) is 21.5 Å². The molecule has 0 heterocycles. The molecule has 0 fully saturated rings. The van der Waals surface area contributed by atoms with Crippen LogP contribution in [-0.4, -0.2) is 16.4 Å². The minimum absolute atomic E-state index is 0.116. The van der Waals surface area contributed by atoms with Crippen LogP contribution in [0.15, 0.2) is 77.8 Å². The third-order valence-corrected chi connectivity index (χ3v) is 4.08. The molecule has 0 unspecified atom stereocenters. The van der Waals surface area contributed by atoms with E-state index in [4.69, 9.17) is 0 Å². The summed E-state index contributed by atoms with van der Waals surface area (Å²) in [6, 6.07) is 22.7. The molecule has 4 rings (SSSR count). The van der Waals surface area contributed by atoms with Gasteiger partial charge in [-0.3, -0.25) is 4.99 Å². The van der Waals surface area contributed by atoms with Crippen molar-refractivity contribution in [3.8, 4) is 11.5 Å². The van der Waals surface area contributed by atoms with Gasteiger partial charge in [0.1, 0.15) is 17.2 Å². The SMILES string of the molecule is Oc1cc2ccccc2cc1C=Nc1cc2ccccc2cc1O. The first-order chi connectivity index (χ1) is 11.7. The molecule has 4 aromatic carbocycles. The lowest BCUT2D eigenvalue weighted by molar-refractivity contribution is 0.474. The monoisotopic (exact) mass is 313 g/mol. The first kappa shape index (κ1) is 14.3. The molecule has 116 valence electrons. The maximum atomic E-state index is 10.2. The van der Waals surface area contributed by atoms with Crippen LogP contribution in [0, 0.1) is 0 Å². The smallest absolute Gasteiger partial charge is 0.141 e. The molecule has 0 bridgehead atoms. The Balaban J connectivity index is 1.77. The van der Waals surface area contributed by atoms with Crippen molar-refractivity contribution in [3.63, 3.8) is 0 Å². The van der Waals surface area contributed by atoms with Crippen LogP contribution in [0.4, 0.5) is 5.69 Å². The van der Waals surface area contributed by atoms with Gasteiger partial charge >= 0.3 is 0 Å². The first-order valence-corrected chi connectivity index (χ1v) is 7.68. The van der Waals surface area contributed by atoms with Crippen molar-refractivity contribution < 1.29 is 10.2 Å². The van der Waals surface area contributed by atoms with E-state index in [1.54, 1.807) is 18.3 Å². The van der Waals surface area contributed by atoms with Crippen LogP contribution in [0.1, 0.15) is 5.56 Å². The van der Waals surface area contributed by atoms with E-state index in [0.29, 0.717) is 11.3 Å². The second-order valence-corrected chi connectivity index (χ2v) is 5.70. The fourth-order valence-electron chi connectivity index (χ4n) is 2.81. The van der Waals surface area contributed by atoms with E-state index >= 15 is 0 Å². The normalized spacial score (nSPS) is 11.5. The van der Waals surface area contributed by atoms with Gasteiger partial charge in [-0.15, -0.1) is 0 Å². The first-order valence-electron chi connectivity index (χ1n) is 7.68. The number of hydrogen-bond acceptors (Lipinski definition) is 3. The zero-order valence-corrected chi connectivity index (χ0v) is 12.8. The van der Waals surface area contributed by atoms with Crippen LogP contribution in [0.2, 0.25) is 0 Å². The maximum absolute atomic E-state index is 10.2. The highest BCUT2D eigenvalue weighted by Gasteiger charge is 2.04. The molecule has 0 aliphatic rings. The Hall–Kier alpha value is -3.33. The van der Waals surface area contributed by atoms with E-state index in [1.165, 1.54) is 0 Å². The van der Waals surface area contributed by atoms with Crippen molar-refractivity contribution in [1.29, 1.82) is 0 Å². The molecule has 24 heavy (non-hydrogen) atoms. The number of phenols is 2. The number of benzene rings is 4. The van der Waals surface area contributed by atoms with E-state index in [9.17, 15) is 10.2 Å². The standard InChI is InChI=1S/C21H15NO2/c23-20-11-16-7-3-1-5-14(16)9-18(20)13-22-19-10-15-6-2-4-8-17(15)12-21(19)24/h1-13,23-24H.